The van der Waals surface area contributed by atoms with Crippen LogP contribution < -0.4 is 10.2 Å². The first-order valence-electron chi connectivity index (χ1n) is 7.61. The third-order valence-corrected chi connectivity index (χ3v) is 4.95. The zero-order valence-corrected chi connectivity index (χ0v) is 13.6. The first-order valence-corrected chi connectivity index (χ1v) is 8.49. The summed E-state index contributed by atoms with van der Waals surface area (Å²) in [5, 5.41) is 4.58. The molecule has 5 nitrogen and oxygen atoms in total. The number of carbonyl (C=O) groups excluding carboxylic acids is 1. The highest BCUT2D eigenvalue weighted by atomic mass is 32.1. The second-order valence-electron chi connectivity index (χ2n) is 5.75. The summed E-state index contributed by atoms with van der Waals surface area (Å²) in [6.07, 6.45) is 5.22. The third kappa shape index (κ3) is 4.68. The van der Waals surface area contributed by atoms with Crippen molar-refractivity contribution in [3.05, 3.63) is 20.7 Å². The fourth-order valence-electron chi connectivity index (χ4n) is 2.73. The van der Waals surface area contributed by atoms with Gasteiger partial charge in [-0.2, -0.15) is 0 Å². The van der Waals surface area contributed by atoms with E-state index < -0.39 is 0 Å². The lowest BCUT2D eigenvalue weighted by atomic mass is 9.88. The molecule has 2 atom stereocenters. The first kappa shape index (κ1) is 16.2. The Balaban J connectivity index is 1.66. The summed E-state index contributed by atoms with van der Waals surface area (Å²) >= 11 is 1.12. The second-order valence-corrected chi connectivity index (χ2v) is 6.57. The standard InChI is InChI=1S/C15H24N2O3S/c1-11-5-3-4-6-13(11)20-8-7-16-14(18)9-17-12(2)10-21-15(17)19/h10-11,13H,3-9H2,1-2H3,(H,16,18). The van der Waals surface area contributed by atoms with Crippen LogP contribution in [0.25, 0.3) is 0 Å². The molecule has 0 aromatic carbocycles. The smallest absolute Gasteiger partial charge is 0.307 e. The van der Waals surface area contributed by atoms with E-state index in [2.05, 4.69) is 12.2 Å². The number of aromatic nitrogens is 1. The van der Waals surface area contributed by atoms with Crippen molar-refractivity contribution in [2.75, 3.05) is 13.2 Å². The Kier molecular flexibility index (Phi) is 5.99. The van der Waals surface area contributed by atoms with E-state index in [4.69, 9.17) is 4.74 Å². The molecule has 2 rings (SSSR count). The summed E-state index contributed by atoms with van der Waals surface area (Å²) < 4.78 is 7.34. The highest BCUT2D eigenvalue weighted by molar-refractivity contribution is 7.07. The Labute approximate surface area is 129 Å². The molecule has 1 aliphatic carbocycles. The summed E-state index contributed by atoms with van der Waals surface area (Å²) in [6, 6.07) is 0. The molecule has 21 heavy (non-hydrogen) atoms. The molecule has 1 fully saturated rings. The van der Waals surface area contributed by atoms with Crippen molar-refractivity contribution in [2.45, 2.75) is 52.2 Å². The molecule has 0 spiro atoms. The molecule has 1 heterocycles. The minimum atomic E-state index is -0.140. The van der Waals surface area contributed by atoms with Crippen molar-refractivity contribution in [1.29, 1.82) is 0 Å². The fourth-order valence-corrected chi connectivity index (χ4v) is 3.46. The maximum absolute atomic E-state index is 11.8. The zero-order chi connectivity index (χ0) is 15.2. The molecule has 6 heteroatoms. The van der Waals surface area contributed by atoms with Crippen LogP contribution in [-0.4, -0.2) is 29.7 Å². The number of ether oxygens (including phenoxy) is 1. The number of nitrogens with one attached hydrogen (secondary N) is 1. The lowest BCUT2D eigenvalue weighted by Crippen LogP contribution is -2.35. The van der Waals surface area contributed by atoms with Gasteiger partial charge in [-0.3, -0.25) is 14.2 Å². The fraction of sp³-hybridized carbons (Fsp3) is 0.733. The van der Waals surface area contributed by atoms with E-state index in [1.54, 1.807) is 5.38 Å². The van der Waals surface area contributed by atoms with Crippen molar-refractivity contribution in [3.63, 3.8) is 0 Å². The van der Waals surface area contributed by atoms with Crippen LogP contribution in [0.1, 0.15) is 38.3 Å². The number of amides is 1. The van der Waals surface area contributed by atoms with E-state index in [1.807, 2.05) is 6.92 Å². The predicted molar refractivity (Wildman–Crippen MR) is 83.7 cm³/mol. The number of thiazole rings is 1. The van der Waals surface area contributed by atoms with Gasteiger partial charge in [0, 0.05) is 17.6 Å². The van der Waals surface area contributed by atoms with E-state index in [0.29, 0.717) is 25.2 Å². The van der Waals surface area contributed by atoms with Crippen LogP contribution in [0.5, 0.6) is 0 Å². The number of hydrogen-bond donors (Lipinski definition) is 1. The number of nitrogens with zero attached hydrogens (tertiary/aromatic N) is 1. The molecule has 1 aromatic rings. The molecule has 1 aromatic heterocycles. The van der Waals surface area contributed by atoms with Crippen LogP contribution in [-0.2, 0) is 16.1 Å². The highest BCUT2D eigenvalue weighted by Gasteiger charge is 2.21. The van der Waals surface area contributed by atoms with Crippen LogP contribution in [0, 0.1) is 12.8 Å². The number of hydrogen-bond acceptors (Lipinski definition) is 4. The van der Waals surface area contributed by atoms with Gasteiger partial charge in [-0.05, 0) is 25.7 Å². The van der Waals surface area contributed by atoms with Crippen LogP contribution in [0.4, 0.5) is 0 Å². The van der Waals surface area contributed by atoms with Crippen molar-refractivity contribution in [2.24, 2.45) is 5.92 Å². The summed E-state index contributed by atoms with van der Waals surface area (Å²) in [5.41, 5.74) is 0.826. The third-order valence-electron chi connectivity index (χ3n) is 4.07. The Morgan fingerprint density at radius 3 is 2.90 bits per heavy atom. The molecule has 1 N–H and O–H groups in total. The summed E-state index contributed by atoms with van der Waals surface area (Å²) in [4.78, 5) is 23.2. The maximum atomic E-state index is 11.8. The van der Waals surface area contributed by atoms with Gasteiger partial charge in [0.25, 0.3) is 0 Å². The zero-order valence-electron chi connectivity index (χ0n) is 12.8. The molecule has 118 valence electrons. The predicted octanol–water partition coefficient (Wildman–Crippen LogP) is 1.93. The van der Waals surface area contributed by atoms with Crippen LogP contribution in [0.3, 0.4) is 0 Å². The van der Waals surface area contributed by atoms with Crippen LogP contribution >= 0.6 is 11.3 Å². The van der Waals surface area contributed by atoms with Crippen molar-refractivity contribution in [3.8, 4) is 0 Å². The van der Waals surface area contributed by atoms with E-state index in [9.17, 15) is 9.59 Å². The molecule has 1 saturated carbocycles. The molecule has 0 aliphatic heterocycles. The molecule has 0 bridgehead atoms. The normalized spacial score (nSPS) is 22.2. The monoisotopic (exact) mass is 312 g/mol. The number of rotatable bonds is 6. The van der Waals surface area contributed by atoms with Gasteiger partial charge in [0.1, 0.15) is 6.54 Å². The Morgan fingerprint density at radius 1 is 1.48 bits per heavy atom. The Morgan fingerprint density at radius 2 is 2.24 bits per heavy atom. The molecule has 0 saturated heterocycles. The largest absolute Gasteiger partial charge is 0.376 e. The summed E-state index contributed by atoms with van der Waals surface area (Å²) in [7, 11) is 0. The molecule has 1 amide bonds. The van der Waals surface area contributed by atoms with Crippen LogP contribution in [0.2, 0.25) is 0 Å². The van der Waals surface area contributed by atoms with E-state index in [0.717, 1.165) is 23.5 Å². The van der Waals surface area contributed by atoms with Gasteiger partial charge in [-0.25, -0.2) is 0 Å². The lowest BCUT2D eigenvalue weighted by molar-refractivity contribution is -0.122. The SMILES string of the molecule is Cc1csc(=O)n1CC(=O)NCCOC1CCCCC1C. The quantitative estimate of drug-likeness (QED) is 0.817. The number of carbonyl (C=O) groups is 1. The molecule has 1 aliphatic rings. The lowest BCUT2D eigenvalue weighted by Gasteiger charge is -2.28. The van der Waals surface area contributed by atoms with E-state index in [1.165, 1.54) is 23.8 Å². The van der Waals surface area contributed by atoms with Gasteiger partial charge >= 0.3 is 4.87 Å². The van der Waals surface area contributed by atoms with Crippen molar-refractivity contribution < 1.29 is 9.53 Å². The Bertz CT molecular complexity index is 523. The van der Waals surface area contributed by atoms with Crippen molar-refractivity contribution >= 4 is 17.2 Å². The minimum absolute atomic E-state index is 0.0880. The Hall–Kier alpha value is -1.14. The van der Waals surface area contributed by atoms with Gasteiger partial charge in [0.05, 0.1) is 12.7 Å². The average Bonchev–Trinajstić information content (AvgIpc) is 2.77. The van der Waals surface area contributed by atoms with E-state index >= 15 is 0 Å². The van der Waals surface area contributed by atoms with Crippen LogP contribution in [0.15, 0.2) is 10.2 Å². The molecular weight excluding hydrogens is 288 g/mol. The van der Waals surface area contributed by atoms with Gasteiger partial charge in [0.2, 0.25) is 5.91 Å². The summed E-state index contributed by atoms with van der Waals surface area (Å²) in [6.45, 7) is 5.19. The van der Waals surface area contributed by atoms with Crippen molar-refractivity contribution in [1.82, 2.24) is 9.88 Å². The molecular formula is C15H24N2O3S. The first-order chi connectivity index (χ1) is 10.1. The minimum Gasteiger partial charge on any atom is -0.376 e. The van der Waals surface area contributed by atoms with Gasteiger partial charge in [-0.1, -0.05) is 31.1 Å². The molecule has 0 radical (unpaired) electrons. The maximum Gasteiger partial charge on any atom is 0.307 e. The number of aryl methyl sites for hydroxylation is 1. The van der Waals surface area contributed by atoms with Gasteiger partial charge in [-0.15, -0.1) is 0 Å². The highest BCUT2D eigenvalue weighted by Crippen LogP contribution is 2.25. The topological polar surface area (TPSA) is 60.3 Å². The average molecular weight is 312 g/mol. The second kappa shape index (κ2) is 7.75. The van der Waals surface area contributed by atoms with Gasteiger partial charge < -0.3 is 10.1 Å². The summed E-state index contributed by atoms with van der Waals surface area (Å²) in [5.74, 6) is 0.473. The molecule has 2 unspecified atom stereocenters. The van der Waals surface area contributed by atoms with Gasteiger partial charge in [0.15, 0.2) is 0 Å². The van der Waals surface area contributed by atoms with E-state index in [-0.39, 0.29) is 17.3 Å².